The molecule has 0 radical (unpaired) electrons. The molecule has 0 aromatic heterocycles. The van der Waals surface area contributed by atoms with Crippen LogP contribution >= 0.6 is 0 Å². The Morgan fingerprint density at radius 2 is 2.08 bits per heavy atom. The third kappa shape index (κ3) is 3.90. The lowest BCUT2D eigenvalue weighted by molar-refractivity contribution is -0.136. The van der Waals surface area contributed by atoms with Crippen molar-refractivity contribution in [2.45, 2.75) is 4.90 Å². The van der Waals surface area contributed by atoms with Gasteiger partial charge in [0.25, 0.3) is 16.0 Å². The number of methoxy groups -OCH3 is 1. The molecule has 1 aromatic rings. The van der Waals surface area contributed by atoms with Crippen LogP contribution in [0.2, 0.25) is 0 Å². The number of esters is 1. The Bertz CT molecular complexity index is 846. The number of benzene rings is 1. The summed E-state index contributed by atoms with van der Waals surface area (Å²) >= 11 is 0. The van der Waals surface area contributed by atoms with E-state index in [1.54, 1.807) is 0 Å². The molecule has 1 aliphatic rings. The van der Waals surface area contributed by atoms with E-state index in [0.29, 0.717) is 0 Å². The number of rotatable bonds is 6. The summed E-state index contributed by atoms with van der Waals surface area (Å²) in [6, 6.07) is 2.89. The first kappa shape index (κ1) is 18.7. The van der Waals surface area contributed by atoms with Gasteiger partial charge in [-0.3, -0.25) is 9.35 Å². The van der Waals surface area contributed by atoms with Gasteiger partial charge in [0.05, 0.1) is 36.4 Å². The summed E-state index contributed by atoms with van der Waals surface area (Å²) in [5, 5.41) is 21.4. The monoisotopic (exact) mass is 372 g/mol. The van der Waals surface area contributed by atoms with Crippen LogP contribution < -0.4 is 5.32 Å². The minimum absolute atomic E-state index is 0.0262. The quantitative estimate of drug-likeness (QED) is 0.289. The van der Waals surface area contributed by atoms with Crippen LogP contribution in [0.25, 0.3) is 0 Å². The van der Waals surface area contributed by atoms with Crippen LogP contribution in [-0.2, 0) is 24.4 Å². The number of β-amino-alcohol motifs (C(OH)–C–C–N with tert-alkyl or cyclic N) is 1. The van der Waals surface area contributed by atoms with E-state index in [1.165, 1.54) is 4.90 Å². The van der Waals surface area contributed by atoms with Crippen molar-refractivity contribution in [3.05, 3.63) is 29.5 Å². The molecule has 10 nitrogen and oxygen atoms in total. The van der Waals surface area contributed by atoms with E-state index in [-0.39, 0.29) is 36.7 Å². The number of anilines is 1. The predicted octanol–water partition coefficient (Wildman–Crippen LogP) is -0.688. The number of hydrogen-bond acceptors (Lipinski definition) is 8. The highest BCUT2D eigenvalue weighted by Gasteiger charge is 2.34. The summed E-state index contributed by atoms with van der Waals surface area (Å²) in [6.45, 7) is -0.467. The molecule has 11 heteroatoms. The number of aliphatic hydroxyl groups excluding tert-OH is 1. The molecule has 25 heavy (non-hydrogen) atoms. The minimum Gasteiger partial charge on any atom is -0.506 e. The van der Waals surface area contributed by atoms with Crippen molar-refractivity contribution in [3.8, 4) is 5.75 Å². The Kier molecular flexibility index (Phi) is 5.30. The van der Waals surface area contributed by atoms with E-state index in [0.717, 1.165) is 25.3 Å². The van der Waals surface area contributed by atoms with Crippen LogP contribution in [0.3, 0.4) is 0 Å². The Morgan fingerprint density at radius 3 is 2.64 bits per heavy atom. The number of nitrogens with zero attached hydrogens (tertiary/aromatic N) is 1. The molecule has 4 N–H and O–H groups in total. The highest BCUT2D eigenvalue weighted by atomic mass is 32.2. The Hall–Kier alpha value is -2.63. The zero-order valence-corrected chi connectivity index (χ0v) is 13.9. The van der Waals surface area contributed by atoms with Crippen molar-refractivity contribution in [2.75, 3.05) is 32.1 Å². The van der Waals surface area contributed by atoms with Crippen molar-refractivity contribution in [1.82, 2.24) is 4.90 Å². The number of carbonyl (C=O) groups is 2. The van der Waals surface area contributed by atoms with Crippen LogP contribution in [0.15, 0.2) is 34.4 Å². The van der Waals surface area contributed by atoms with Gasteiger partial charge in [-0.1, -0.05) is 0 Å². The lowest BCUT2D eigenvalue weighted by Crippen LogP contribution is -2.31. The minimum atomic E-state index is -4.53. The number of aliphatic hydroxyl groups is 1. The molecule has 0 fully saturated rings. The molecule has 136 valence electrons. The zero-order valence-electron chi connectivity index (χ0n) is 13.1. The molecular weight excluding hydrogens is 356 g/mol. The number of phenols is 1. The van der Waals surface area contributed by atoms with Gasteiger partial charge in [-0.2, -0.15) is 8.42 Å². The van der Waals surface area contributed by atoms with E-state index < -0.39 is 32.6 Å². The molecule has 0 bridgehead atoms. The molecule has 0 atom stereocenters. The lowest BCUT2D eigenvalue weighted by Gasteiger charge is -2.15. The molecule has 0 unspecified atom stereocenters. The van der Waals surface area contributed by atoms with E-state index >= 15 is 0 Å². The molecule has 1 aromatic carbocycles. The zero-order chi connectivity index (χ0) is 18.8. The van der Waals surface area contributed by atoms with Crippen molar-refractivity contribution < 1.29 is 37.5 Å². The molecule has 1 aliphatic heterocycles. The predicted molar refractivity (Wildman–Crippen MR) is 84.3 cm³/mol. The van der Waals surface area contributed by atoms with Gasteiger partial charge in [0.2, 0.25) is 0 Å². The fourth-order valence-electron chi connectivity index (χ4n) is 2.26. The van der Waals surface area contributed by atoms with E-state index in [4.69, 9.17) is 9.66 Å². The van der Waals surface area contributed by atoms with E-state index in [9.17, 15) is 23.1 Å². The van der Waals surface area contributed by atoms with Crippen LogP contribution in [-0.4, -0.2) is 66.8 Å². The number of carbonyl (C=O) groups excluding carboxylic acids is 2. The van der Waals surface area contributed by atoms with Gasteiger partial charge in [-0.15, -0.1) is 0 Å². The second-order valence-corrected chi connectivity index (χ2v) is 6.50. The number of aromatic hydroxyl groups is 1. The van der Waals surface area contributed by atoms with Gasteiger partial charge in [-0.05, 0) is 18.2 Å². The normalized spacial score (nSPS) is 14.8. The first-order chi connectivity index (χ1) is 11.7. The van der Waals surface area contributed by atoms with Gasteiger partial charge in [0, 0.05) is 6.54 Å². The fourth-order valence-corrected chi connectivity index (χ4v) is 2.77. The number of nitrogens with one attached hydrogen (secondary N) is 1. The fraction of sp³-hybridized carbons (Fsp3) is 0.286. The summed E-state index contributed by atoms with van der Waals surface area (Å²) in [4.78, 5) is 24.9. The van der Waals surface area contributed by atoms with Crippen LogP contribution in [0.1, 0.15) is 0 Å². The largest absolute Gasteiger partial charge is 0.506 e. The summed E-state index contributed by atoms with van der Waals surface area (Å²) in [5.74, 6) is -1.83. The number of ether oxygens (including phenoxy) is 1. The van der Waals surface area contributed by atoms with Gasteiger partial charge in [-0.25, -0.2) is 4.79 Å². The van der Waals surface area contributed by atoms with Crippen LogP contribution in [0, 0.1) is 0 Å². The molecule has 1 heterocycles. The average Bonchev–Trinajstić information content (AvgIpc) is 2.85. The van der Waals surface area contributed by atoms with Crippen LogP contribution in [0.5, 0.6) is 5.75 Å². The second kappa shape index (κ2) is 7.09. The summed E-state index contributed by atoms with van der Waals surface area (Å²) in [6.07, 6.45) is 0. The Morgan fingerprint density at radius 1 is 1.40 bits per heavy atom. The number of phenolic OH excluding ortho intramolecular Hbond substituents is 1. The molecule has 0 saturated carbocycles. The van der Waals surface area contributed by atoms with Crippen molar-refractivity contribution in [3.63, 3.8) is 0 Å². The molecule has 0 aliphatic carbocycles. The van der Waals surface area contributed by atoms with E-state index in [1.807, 2.05) is 0 Å². The summed E-state index contributed by atoms with van der Waals surface area (Å²) < 4.78 is 36.1. The van der Waals surface area contributed by atoms with Crippen LogP contribution in [0.4, 0.5) is 5.69 Å². The standard InChI is InChI=1S/C14H16N2O8S/c1-24-14(20)9-7-16(4-5-17)13(19)12(9)15-10-6-8(25(21,22)23)2-3-11(10)18/h2-3,6,15,17-18H,4-5,7H2,1H3,(H,21,22,23). The Balaban J connectivity index is 2.45. The van der Waals surface area contributed by atoms with Crippen molar-refractivity contribution >= 4 is 27.7 Å². The lowest BCUT2D eigenvalue weighted by atomic mass is 10.2. The summed E-state index contributed by atoms with van der Waals surface area (Å²) in [5.41, 5.74) is -0.466. The second-order valence-electron chi connectivity index (χ2n) is 5.07. The maximum Gasteiger partial charge on any atom is 0.337 e. The molecular formula is C14H16N2O8S. The molecule has 0 spiro atoms. The smallest absolute Gasteiger partial charge is 0.337 e. The molecule has 1 amide bonds. The molecule has 2 rings (SSSR count). The van der Waals surface area contributed by atoms with Gasteiger partial charge >= 0.3 is 5.97 Å². The number of amides is 1. The van der Waals surface area contributed by atoms with Crippen molar-refractivity contribution in [1.29, 1.82) is 0 Å². The Labute approximate surface area is 143 Å². The first-order valence-corrected chi connectivity index (χ1v) is 8.42. The highest BCUT2D eigenvalue weighted by Crippen LogP contribution is 2.30. The SMILES string of the molecule is COC(=O)C1=C(Nc2cc(S(=O)(=O)O)ccc2O)C(=O)N(CCO)C1. The van der Waals surface area contributed by atoms with Crippen molar-refractivity contribution in [2.24, 2.45) is 0 Å². The summed E-state index contributed by atoms with van der Waals surface area (Å²) in [7, 11) is -3.40. The van der Waals surface area contributed by atoms with Gasteiger partial charge in [0.1, 0.15) is 11.4 Å². The third-order valence-electron chi connectivity index (χ3n) is 3.48. The average molecular weight is 372 g/mol. The highest BCUT2D eigenvalue weighted by molar-refractivity contribution is 7.85. The first-order valence-electron chi connectivity index (χ1n) is 6.98. The maximum absolute atomic E-state index is 12.4. The van der Waals surface area contributed by atoms with Gasteiger partial charge in [0.15, 0.2) is 0 Å². The third-order valence-corrected chi connectivity index (χ3v) is 4.33. The van der Waals surface area contributed by atoms with Gasteiger partial charge < -0.3 is 25.2 Å². The van der Waals surface area contributed by atoms with E-state index in [2.05, 4.69) is 10.1 Å². The maximum atomic E-state index is 12.4. The number of hydrogen-bond donors (Lipinski definition) is 4. The topological polar surface area (TPSA) is 153 Å². The molecule has 0 saturated heterocycles.